The molecule has 0 radical (unpaired) electrons. The van der Waals surface area contributed by atoms with Gasteiger partial charge in [-0.3, -0.25) is 0 Å². The van der Waals surface area contributed by atoms with E-state index in [-0.39, 0.29) is 11.8 Å². The van der Waals surface area contributed by atoms with Gasteiger partial charge in [0.25, 0.3) is 0 Å². The Balaban J connectivity index is 2.51. The molecule has 0 aliphatic heterocycles. The van der Waals surface area contributed by atoms with Crippen LogP contribution in [-0.2, 0) is 0 Å². The molecule has 0 aliphatic rings. The van der Waals surface area contributed by atoms with Crippen molar-refractivity contribution >= 4 is 0 Å². The van der Waals surface area contributed by atoms with E-state index in [1.165, 1.54) is 25.3 Å². The number of rotatable bonds is 7. The van der Waals surface area contributed by atoms with Crippen LogP contribution in [-0.4, -0.2) is 11.1 Å². The highest BCUT2D eigenvalue weighted by molar-refractivity contribution is 5.34. The van der Waals surface area contributed by atoms with Crippen molar-refractivity contribution in [2.75, 3.05) is 0 Å². The Hall–Kier alpha value is -1.09. The fourth-order valence-electron chi connectivity index (χ4n) is 2.18. The normalized spacial score (nSPS) is 14.4. The van der Waals surface area contributed by atoms with Gasteiger partial charge in [0.05, 0.1) is 0 Å². The number of hydrogen-bond donors (Lipinski definition) is 2. The van der Waals surface area contributed by atoms with Gasteiger partial charge >= 0.3 is 0 Å². The SMILES string of the molecule is CCCCCC(C)NC(C)c1ccc(F)cc1O. The summed E-state index contributed by atoms with van der Waals surface area (Å²) >= 11 is 0. The molecule has 1 rings (SSSR count). The van der Waals surface area contributed by atoms with E-state index in [4.69, 9.17) is 0 Å². The summed E-state index contributed by atoms with van der Waals surface area (Å²) in [5.41, 5.74) is 0.749. The molecule has 102 valence electrons. The first-order valence-corrected chi connectivity index (χ1v) is 6.79. The van der Waals surface area contributed by atoms with Crippen molar-refractivity contribution < 1.29 is 9.50 Å². The van der Waals surface area contributed by atoms with E-state index in [0.717, 1.165) is 18.1 Å². The maximum atomic E-state index is 12.9. The van der Waals surface area contributed by atoms with Crippen LogP contribution in [0.15, 0.2) is 18.2 Å². The van der Waals surface area contributed by atoms with Crippen LogP contribution >= 0.6 is 0 Å². The number of aromatic hydroxyl groups is 1. The summed E-state index contributed by atoms with van der Waals surface area (Å²) < 4.78 is 12.9. The lowest BCUT2D eigenvalue weighted by atomic mass is 10.0. The van der Waals surface area contributed by atoms with Gasteiger partial charge in [0.15, 0.2) is 0 Å². The van der Waals surface area contributed by atoms with E-state index < -0.39 is 5.82 Å². The second kappa shape index (κ2) is 7.37. The lowest BCUT2D eigenvalue weighted by molar-refractivity contribution is 0.415. The minimum Gasteiger partial charge on any atom is -0.508 e. The van der Waals surface area contributed by atoms with Crippen molar-refractivity contribution in [3.63, 3.8) is 0 Å². The van der Waals surface area contributed by atoms with E-state index in [1.807, 2.05) is 6.92 Å². The van der Waals surface area contributed by atoms with E-state index in [0.29, 0.717) is 6.04 Å². The molecule has 0 aromatic heterocycles. The molecular formula is C15H24FNO. The van der Waals surface area contributed by atoms with E-state index >= 15 is 0 Å². The molecule has 2 unspecified atom stereocenters. The minimum atomic E-state index is -0.403. The Bertz CT molecular complexity index is 368. The maximum Gasteiger partial charge on any atom is 0.126 e. The molecule has 2 N–H and O–H groups in total. The molecule has 0 heterocycles. The first kappa shape index (κ1) is 15.0. The van der Waals surface area contributed by atoms with Crippen molar-refractivity contribution in [3.8, 4) is 5.75 Å². The van der Waals surface area contributed by atoms with Crippen molar-refractivity contribution in [1.82, 2.24) is 5.32 Å². The Labute approximate surface area is 109 Å². The van der Waals surface area contributed by atoms with Crippen LogP contribution in [0.3, 0.4) is 0 Å². The fraction of sp³-hybridized carbons (Fsp3) is 0.600. The first-order valence-electron chi connectivity index (χ1n) is 6.79. The molecule has 0 saturated heterocycles. The summed E-state index contributed by atoms with van der Waals surface area (Å²) in [6.45, 7) is 6.33. The zero-order chi connectivity index (χ0) is 13.5. The fourth-order valence-corrected chi connectivity index (χ4v) is 2.18. The van der Waals surface area contributed by atoms with Gasteiger partial charge in [-0.2, -0.15) is 0 Å². The van der Waals surface area contributed by atoms with Crippen molar-refractivity contribution in [3.05, 3.63) is 29.6 Å². The zero-order valence-electron chi connectivity index (χ0n) is 11.5. The Kier molecular flexibility index (Phi) is 6.13. The summed E-state index contributed by atoms with van der Waals surface area (Å²) in [6, 6.07) is 4.61. The van der Waals surface area contributed by atoms with E-state index in [1.54, 1.807) is 6.07 Å². The van der Waals surface area contributed by atoms with Crippen LogP contribution in [0.5, 0.6) is 5.75 Å². The predicted molar refractivity (Wildman–Crippen MR) is 73.2 cm³/mol. The van der Waals surface area contributed by atoms with Gasteiger partial charge in [0, 0.05) is 23.7 Å². The molecule has 1 aromatic rings. The third-order valence-electron chi connectivity index (χ3n) is 3.23. The van der Waals surface area contributed by atoms with Crippen LogP contribution < -0.4 is 5.32 Å². The van der Waals surface area contributed by atoms with Gasteiger partial charge in [0.1, 0.15) is 11.6 Å². The average Bonchev–Trinajstić information content (AvgIpc) is 2.28. The van der Waals surface area contributed by atoms with Gasteiger partial charge in [-0.05, 0) is 26.3 Å². The second-order valence-electron chi connectivity index (χ2n) is 4.99. The molecule has 2 nitrogen and oxygen atoms in total. The quantitative estimate of drug-likeness (QED) is 0.715. The molecule has 1 aromatic carbocycles. The highest BCUT2D eigenvalue weighted by atomic mass is 19.1. The number of halogens is 1. The molecule has 0 bridgehead atoms. The highest BCUT2D eigenvalue weighted by Gasteiger charge is 2.13. The van der Waals surface area contributed by atoms with Gasteiger partial charge in [-0.25, -0.2) is 4.39 Å². The molecule has 18 heavy (non-hydrogen) atoms. The smallest absolute Gasteiger partial charge is 0.126 e. The topological polar surface area (TPSA) is 32.3 Å². The molecule has 0 amide bonds. The lowest BCUT2D eigenvalue weighted by Crippen LogP contribution is -2.28. The van der Waals surface area contributed by atoms with Gasteiger partial charge in [-0.1, -0.05) is 32.3 Å². The summed E-state index contributed by atoms with van der Waals surface area (Å²) in [5, 5.41) is 13.1. The third kappa shape index (κ3) is 4.65. The largest absolute Gasteiger partial charge is 0.508 e. The number of nitrogens with one attached hydrogen (secondary N) is 1. The minimum absolute atomic E-state index is 0.0239. The standard InChI is InChI=1S/C15H24FNO/c1-4-5-6-7-11(2)17-12(3)14-9-8-13(16)10-15(14)18/h8-12,17-18H,4-7H2,1-3H3. The Morgan fingerprint density at radius 1 is 1.28 bits per heavy atom. The first-order chi connectivity index (χ1) is 8.54. The van der Waals surface area contributed by atoms with Crippen molar-refractivity contribution in [2.24, 2.45) is 0 Å². The Morgan fingerprint density at radius 3 is 2.61 bits per heavy atom. The third-order valence-corrected chi connectivity index (χ3v) is 3.23. The zero-order valence-corrected chi connectivity index (χ0v) is 11.5. The summed E-state index contributed by atoms with van der Waals surface area (Å²) in [5.74, 6) is -0.379. The van der Waals surface area contributed by atoms with Crippen LogP contribution in [0.4, 0.5) is 4.39 Å². The monoisotopic (exact) mass is 253 g/mol. The second-order valence-corrected chi connectivity index (χ2v) is 4.99. The van der Waals surface area contributed by atoms with Gasteiger partial charge in [0.2, 0.25) is 0 Å². The summed E-state index contributed by atoms with van der Waals surface area (Å²) in [6.07, 6.45) is 4.82. The predicted octanol–water partition coefficient (Wildman–Crippen LogP) is 4.15. The van der Waals surface area contributed by atoms with Gasteiger partial charge < -0.3 is 10.4 Å². The van der Waals surface area contributed by atoms with Crippen LogP contribution in [0.1, 0.15) is 58.1 Å². The van der Waals surface area contributed by atoms with Crippen LogP contribution in [0.25, 0.3) is 0 Å². The van der Waals surface area contributed by atoms with E-state index in [2.05, 4.69) is 19.2 Å². The summed E-state index contributed by atoms with van der Waals surface area (Å²) in [7, 11) is 0. The number of unbranched alkanes of at least 4 members (excludes halogenated alkanes) is 2. The van der Waals surface area contributed by atoms with Crippen LogP contribution in [0.2, 0.25) is 0 Å². The molecule has 0 spiro atoms. The number of phenolic OH excluding ortho intramolecular Hbond substituents is 1. The van der Waals surface area contributed by atoms with Crippen LogP contribution in [0, 0.1) is 5.82 Å². The Morgan fingerprint density at radius 2 is 2.00 bits per heavy atom. The number of benzene rings is 1. The molecule has 0 aliphatic carbocycles. The average molecular weight is 253 g/mol. The number of hydrogen-bond acceptors (Lipinski definition) is 2. The van der Waals surface area contributed by atoms with Gasteiger partial charge in [-0.15, -0.1) is 0 Å². The van der Waals surface area contributed by atoms with E-state index in [9.17, 15) is 9.50 Å². The highest BCUT2D eigenvalue weighted by Crippen LogP contribution is 2.25. The summed E-state index contributed by atoms with van der Waals surface area (Å²) in [4.78, 5) is 0. The molecule has 0 saturated carbocycles. The van der Waals surface area contributed by atoms with Crippen molar-refractivity contribution in [1.29, 1.82) is 0 Å². The molecule has 0 fully saturated rings. The molecular weight excluding hydrogens is 229 g/mol. The maximum absolute atomic E-state index is 12.9. The molecule has 2 atom stereocenters. The lowest BCUT2D eigenvalue weighted by Gasteiger charge is -2.21. The van der Waals surface area contributed by atoms with Crippen molar-refractivity contribution in [2.45, 2.75) is 58.5 Å². The molecule has 3 heteroatoms. The number of phenols is 1.